The predicted octanol–water partition coefficient (Wildman–Crippen LogP) is 1.06. The molecule has 1 aromatic heterocycles. The highest BCUT2D eigenvalue weighted by atomic mass is 16.5. The molecular formula is C13H20N4O2. The molecule has 1 fully saturated rings. The van der Waals surface area contributed by atoms with Crippen LogP contribution in [0.25, 0.3) is 0 Å². The summed E-state index contributed by atoms with van der Waals surface area (Å²) in [5.41, 5.74) is 0.323. The summed E-state index contributed by atoms with van der Waals surface area (Å²) in [6, 6.07) is 3.40. The second-order valence-electron chi connectivity index (χ2n) is 4.61. The number of carbonyl (C=O) groups is 1. The van der Waals surface area contributed by atoms with Crippen molar-refractivity contribution >= 4 is 11.7 Å². The second-order valence-corrected chi connectivity index (χ2v) is 4.61. The monoisotopic (exact) mass is 264 g/mol. The van der Waals surface area contributed by atoms with E-state index in [1.807, 2.05) is 6.92 Å². The summed E-state index contributed by atoms with van der Waals surface area (Å²) < 4.78 is 5.43. The van der Waals surface area contributed by atoms with Crippen LogP contribution in [0, 0.1) is 5.92 Å². The molecule has 6 heteroatoms. The van der Waals surface area contributed by atoms with Gasteiger partial charge in [-0.1, -0.05) is 0 Å². The van der Waals surface area contributed by atoms with Crippen LogP contribution in [0.3, 0.4) is 0 Å². The van der Waals surface area contributed by atoms with Gasteiger partial charge in [0.2, 0.25) is 0 Å². The molecule has 104 valence electrons. The Morgan fingerprint density at radius 2 is 2.26 bits per heavy atom. The average molecular weight is 264 g/mol. The zero-order valence-electron chi connectivity index (χ0n) is 11.2. The Balaban J connectivity index is 1.66. The molecule has 2 N–H and O–H groups in total. The summed E-state index contributed by atoms with van der Waals surface area (Å²) in [5, 5.41) is 13.6. The van der Waals surface area contributed by atoms with Gasteiger partial charge in [0.1, 0.15) is 5.82 Å². The molecule has 0 saturated heterocycles. The Kier molecular flexibility index (Phi) is 5.09. The zero-order chi connectivity index (χ0) is 13.5. The fraction of sp³-hybridized carbons (Fsp3) is 0.615. The molecule has 0 radical (unpaired) electrons. The highest BCUT2D eigenvalue weighted by Gasteiger charge is 2.20. The van der Waals surface area contributed by atoms with Crippen molar-refractivity contribution in [3.05, 3.63) is 17.8 Å². The number of anilines is 1. The van der Waals surface area contributed by atoms with Gasteiger partial charge in [-0.3, -0.25) is 4.79 Å². The molecule has 1 amide bonds. The molecule has 1 aliphatic rings. The number of carbonyl (C=O) groups excluding carboxylic acids is 1. The van der Waals surface area contributed by atoms with Crippen LogP contribution >= 0.6 is 0 Å². The summed E-state index contributed by atoms with van der Waals surface area (Å²) >= 11 is 0. The molecule has 1 saturated carbocycles. The van der Waals surface area contributed by atoms with Crippen molar-refractivity contribution in [2.75, 3.05) is 31.6 Å². The lowest BCUT2D eigenvalue weighted by Gasteiger charge is -2.06. The van der Waals surface area contributed by atoms with Gasteiger partial charge in [-0.25, -0.2) is 0 Å². The third-order valence-electron chi connectivity index (χ3n) is 2.84. The first-order chi connectivity index (χ1) is 9.29. The normalized spacial score (nSPS) is 14.2. The number of nitrogens with zero attached hydrogens (tertiary/aromatic N) is 2. The molecule has 1 aromatic rings. The van der Waals surface area contributed by atoms with Gasteiger partial charge in [0.25, 0.3) is 5.91 Å². The maximum Gasteiger partial charge on any atom is 0.271 e. The van der Waals surface area contributed by atoms with Crippen molar-refractivity contribution < 1.29 is 9.53 Å². The molecule has 19 heavy (non-hydrogen) atoms. The smallest absolute Gasteiger partial charge is 0.271 e. The molecule has 0 spiro atoms. The molecule has 2 rings (SSSR count). The Bertz CT molecular complexity index is 404. The van der Waals surface area contributed by atoms with E-state index in [1.165, 1.54) is 12.8 Å². The van der Waals surface area contributed by atoms with Crippen LogP contribution in [0.4, 0.5) is 5.82 Å². The molecule has 1 heterocycles. The van der Waals surface area contributed by atoms with Crippen LogP contribution in [0.5, 0.6) is 0 Å². The third kappa shape index (κ3) is 4.82. The summed E-state index contributed by atoms with van der Waals surface area (Å²) in [5.74, 6) is 1.21. The van der Waals surface area contributed by atoms with E-state index in [0.717, 1.165) is 19.1 Å². The summed E-state index contributed by atoms with van der Waals surface area (Å²) in [7, 11) is 0. The first kappa shape index (κ1) is 13.7. The zero-order valence-corrected chi connectivity index (χ0v) is 11.2. The Morgan fingerprint density at radius 3 is 2.89 bits per heavy atom. The van der Waals surface area contributed by atoms with Crippen LogP contribution in [-0.4, -0.2) is 42.4 Å². The summed E-state index contributed by atoms with van der Waals surface area (Å²) in [6.07, 6.45) is 2.56. The Labute approximate surface area is 112 Å². The van der Waals surface area contributed by atoms with Crippen molar-refractivity contribution in [3.63, 3.8) is 0 Å². The van der Waals surface area contributed by atoms with Gasteiger partial charge in [-0.15, -0.1) is 10.2 Å². The van der Waals surface area contributed by atoms with Crippen molar-refractivity contribution in [2.45, 2.75) is 19.8 Å². The van der Waals surface area contributed by atoms with Crippen molar-refractivity contribution in [1.29, 1.82) is 0 Å². The highest BCUT2D eigenvalue weighted by molar-refractivity contribution is 5.92. The lowest BCUT2D eigenvalue weighted by atomic mass is 10.3. The molecule has 0 aromatic carbocycles. The molecular weight excluding hydrogens is 244 g/mol. The standard InChI is InChI=1S/C13H20N4O2/c1-2-14-12-6-5-11(16-17-12)13(18)15-7-8-19-9-10-3-4-10/h5-6,10H,2-4,7-9H2,1H3,(H,14,17)(H,15,18). The average Bonchev–Trinajstić information content (AvgIpc) is 3.23. The number of hydrogen-bond acceptors (Lipinski definition) is 5. The Hall–Kier alpha value is -1.69. The second kappa shape index (κ2) is 7.04. The summed E-state index contributed by atoms with van der Waals surface area (Å²) in [4.78, 5) is 11.7. The lowest BCUT2D eigenvalue weighted by molar-refractivity contribution is 0.0901. The van der Waals surface area contributed by atoms with Crippen molar-refractivity contribution in [1.82, 2.24) is 15.5 Å². The molecule has 0 atom stereocenters. The largest absolute Gasteiger partial charge is 0.379 e. The van der Waals surface area contributed by atoms with Gasteiger partial charge >= 0.3 is 0 Å². The minimum absolute atomic E-state index is 0.217. The van der Waals surface area contributed by atoms with E-state index in [0.29, 0.717) is 24.7 Å². The van der Waals surface area contributed by atoms with E-state index in [-0.39, 0.29) is 5.91 Å². The third-order valence-corrected chi connectivity index (χ3v) is 2.84. The van der Waals surface area contributed by atoms with Crippen molar-refractivity contribution in [2.24, 2.45) is 5.92 Å². The van der Waals surface area contributed by atoms with Gasteiger partial charge in [-0.05, 0) is 37.8 Å². The van der Waals surface area contributed by atoms with E-state index in [2.05, 4.69) is 20.8 Å². The maximum absolute atomic E-state index is 11.7. The molecule has 0 bridgehead atoms. The van der Waals surface area contributed by atoms with Gasteiger partial charge < -0.3 is 15.4 Å². The van der Waals surface area contributed by atoms with Crippen molar-refractivity contribution in [3.8, 4) is 0 Å². The van der Waals surface area contributed by atoms with Crippen LogP contribution < -0.4 is 10.6 Å². The first-order valence-electron chi connectivity index (χ1n) is 6.73. The number of hydrogen-bond donors (Lipinski definition) is 2. The van der Waals surface area contributed by atoms with Gasteiger partial charge in [0, 0.05) is 19.7 Å². The highest BCUT2D eigenvalue weighted by Crippen LogP contribution is 2.28. The van der Waals surface area contributed by atoms with Crippen LogP contribution in [0.2, 0.25) is 0 Å². The predicted molar refractivity (Wildman–Crippen MR) is 72.1 cm³/mol. The van der Waals surface area contributed by atoms with Gasteiger partial charge in [-0.2, -0.15) is 0 Å². The number of rotatable bonds is 8. The van der Waals surface area contributed by atoms with Crippen LogP contribution in [0.15, 0.2) is 12.1 Å². The topological polar surface area (TPSA) is 76.1 Å². The van der Waals surface area contributed by atoms with E-state index in [9.17, 15) is 4.79 Å². The minimum Gasteiger partial charge on any atom is -0.379 e. The molecule has 1 aliphatic carbocycles. The van der Waals surface area contributed by atoms with E-state index in [4.69, 9.17) is 4.74 Å². The molecule has 0 aliphatic heterocycles. The fourth-order valence-electron chi connectivity index (χ4n) is 1.59. The molecule has 0 unspecified atom stereocenters. The van der Waals surface area contributed by atoms with Crippen LogP contribution in [-0.2, 0) is 4.74 Å². The SMILES string of the molecule is CCNc1ccc(C(=O)NCCOCC2CC2)nn1. The van der Waals surface area contributed by atoms with E-state index < -0.39 is 0 Å². The number of nitrogens with one attached hydrogen (secondary N) is 2. The maximum atomic E-state index is 11.7. The number of aromatic nitrogens is 2. The fourth-order valence-corrected chi connectivity index (χ4v) is 1.59. The lowest BCUT2D eigenvalue weighted by Crippen LogP contribution is -2.28. The van der Waals surface area contributed by atoms with E-state index >= 15 is 0 Å². The van der Waals surface area contributed by atoms with Gasteiger partial charge in [0.15, 0.2) is 5.69 Å². The van der Waals surface area contributed by atoms with E-state index in [1.54, 1.807) is 12.1 Å². The van der Waals surface area contributed by atoms with Crippen LogP contribution in [0.1, 0.15) is 30.3 Å². The summed E-state index contributed by atoms with van der Waals surface area (Å²) in [6.45, 7) is 4.61. The van der Waals surface area contributed by atoms with Gasteiger partial charge in [0.05, 0.1) is 6.61 Å². The Morgan fingerprint density at radius 1 is 1.42 bits per heavy atom. The number of amides is 1. The quantitative estimate of drug-likeness (QED) is 0.687. The molecule has 6 nitrogen and oxygen atoms in total. The number of ether oxygens (including phenoxy) is 1. The minimum atomic E-state index is -0.217. The first-order valence-corrected chi connectivity index (χ1v) is 6.73.